The number of ether oxygens (including phenoxy) is 1. The summed E-state index contributed by atoms with van der Waals surface area (Å²) < 4.78 is 20.9. The number of piperazine rings is 1. The Morgan fingerprint density at radius 3 is 2.37 bits per heavy atom. The number of amides is 4. The highest BCUT2D eigenvalue weighted by molar-refractivity contribution is 6.04. The van der Waals surface area contributed by atoms with E-state index in [1.165, 1.54) is 6.07 Å². The zero-order valence-electron chi connectivity index (χ0n) is 22.4. The summed E-state index contributed by atoms with van der Waals surface area (Å²) in [6.07, 6.45) is 1.87. The smallest absolute Gasteiger partial charge is 0.410 e. The first-order chi connectivity index (χ1) is 18.0. The molecule has 208 valence electrons. The standard InChI is InChI=1S/C27H38FN5O5/c1-27(2,3)38-26(37)33-15-13-31(14-16-33)17-18-9-11-32(12-10-18)21-6-4-5-19(23(21)28)24(35)29-20-7-8-22(34)30-25(20)36/h4-6,18,20H,7-17H2,1-3H3,(H,29,35)(H,30,34,36). The van der Waals surface area contributed by atoms with Gasteiger partial charge >= 0.3 is 6.09 Å². The molecule has 38 heavy (non-hydrogen) atoms. The van der Waals surface area contributed by atoms with Crippen LogP contribution in [-0.2, 0) is 14.3 Å². The Balaban J connectivity index is 1.26. The highest BCUT2D eigenvalue weighted by Crippen LogP contribution is 2.28. The van der Waals surface area contributed by atoms with Gasteiger partial charge in [0.15, 0.2) is 5.82 Å². The van der Waals surface area contributed by atoms with Crippen LogP contribution in [-0.4, -0.2) is 91.1 Å². The number of hydrogen-bond donors (Lipinski definition) is 2. The van der Waals surface area contributed by atoms with Crippen LogP contribution in [0.4, 0.5) is 14.9 Å². The van der Waals surface area contributed by atoms with Crippen LogP contribution >= 0.6 is 0 Å². The number of imide groups is 1. The maximum Gasteiger partial charge on any atom is 0.410 e. The van der Waals surface area contributed by atoms with Gasteiger partial charge in [-0.3, -0.25) is 24.6 Å². The van der Waals surface area contributed by atoms with Gasteiger partial charge in [-0.15, -0.1) is 0 Å². The van der Waals surface area contributed by atoms with Crippen LogP contribution in [0.1, 0.15) is 56.8 Å². The lowest BCUT2D eigenvalue weighted by Crippen LogP contribution is -2.52. The third-order valence-electron chi connectivity index (χ3n) is 7.26. The monoisotopic (exact) mass is 531 g/mol. The van der Waals surface area contributed by atoms with Crippen LogP contribution in [0.5, 0.6) is 0 Å². The largest absolute Gasteiger partial charge is 0.444 e. The van der Waals surface area contributed by atoms with E-state index in [0.29, 0.717) is 37.8 Å². The average Bonchev–Trinajstić information content (AvgIpc) is 2.86. The molecule has 0 spiro atoms. The Morgan fingerprint density at radius 2 is 1.74 bits per heavy atom. The molecule has 3 aliphatic rings. The van der Waals surface area contributed by atoms with Gasteiger partial charge in [-0.25, -0.2) is 9.18 Å². The Labute approximate surface area is 222 Å². The van der Waals surface area contributed by atoms with Crippen LogP contribution in [0, 0.1) is 11.7 Å². The number of carbonyl (C=O) groups excluding carboxylic acids is 4. The van der Waals surface area contributed by atoms with Gasteiger partial charge in [0.2, 0.25) is 11.8 Å². The van der Waals surface area contributed by atoms with Crippen LogP contribution in [0.15, 0.2) is 18.2 Å². The predicted octanol–water partition coefficient (Wildman–Crippen LogP) is 2.13. The molecule has 10 nitrogen and oxygen atoms in total. The zero-order valence-corrected chi connectivity index (χ0v) is 22.4. The van der Waals surface area contributed by atoms with Crippen LogP contribution < -0.4 is 15.5 Å². The topological polar surface area (TPSA) is 111 Å². The summed E-state index contributed by atoms with van der Waals surface area (Å²) in [5, 5.41) is 4.74. The number of hydrogen-bond acceptors (Lipinski definition) is 7. The predicted molar refractivity (Wildman–Crippen MR) is 139 cm³/mol. The van der Waals surface area contributed by atoms with E-state index in [0.717, 1.165) is 32.5 Å². The van der Waals surface area contributed by atoms with E-state index < -0.39 is 29.3 Å². The van der Waals surface area contributed by atoms with Gasteiger partial charge in [0.25, 0.3) is 5.91 Å². The molecule has 1 unspecified atom stereocenters. The number of carbonyl (C=O) groups is 4. The number of nitrogens with zero attached hydrogens (tertiary/aromatic N) is 3. The molecular formula is C27H38FN5O5. The van der Waals surface area contributed by atoms with Gasteiger partial charge in [0.05, 0.1) is 11.3 Å². The minimum atomic E-state index is -0.856. The molecule has 2 N–H and O–H groups in total. The second kappa shape index (κ2) is 11.7. The quantitative estimate of drug-likeness (QED) is 0.560. The molecule has 3 aliphatic heterocycles. The third kappa shape index (κ3) is 7.00. The maximum absolute atomic E-state index is 15.4. The zero-order chi connectivity index (χ0) is 27.4. The fraction of sp³-hybridized carbons (Fsp3) is 0.630. The summed E-state index contributed by atoms with van der Waals surface area (Å²) in [5.74, 6) is -1.74. The summed E-state index contributed by atoms with van der Waals surface area (Å²) in [7, 11) is 0. The van der Waals surface area contributed by atoms with Crippen molar-refractivity contribution in [3.8, 4) is 0 Å². The van der Waals surface area contributed by atoms with Crippen molar-refractivity contribution in [2.45, 2.75) is 58.1 Å². The van der Waals surface area contributed by atoms with Crippen molar-refractivity contribution in [2.24, 2.45) is 5.92 Å². The molecule has 4 amide bonds. The number of nitrogens with one attached hydrogen (secondary N) is 2. The summed E-state index contributed by atoms with van der Waals surface area (Å²) in [6, 6.07) is 3.87. The molecule has 0 aromatic heterocycles. The number of benzene rings is 1. The second-order valence-electron chi connectivity index (χ2n) is 11.3. The van der Waals surface area contributed by atoms with Gasteiger partial charge in [-0.1, -0.05) is 6.07 Å². The Kier molecular flexibility index (Phi) is 8.54. The van der Waals surface area contributed by atoms with Crippen molar-refractivity contribution in [2.75, 3.05) is 50.7 Å². The molecule has 1 aromatic carbocycles. The number of piperidine rings is 2. The highest BCUT2D eigenvalue weighted by Gasteiger charge is 2.31. The average molecular weight is 532 g/mol. The van der Waals surface area contributed by atoms with Crippen molar-refractivity contribution < 1.29 is 28.3 Å². The Bertz CT molecular complexity index is 1060. The summed E-state index contributed by atoms with van der Waals surface area (Å²) in [5.41, 5.74) is -0.235. The lowest BCUT2D eigenvalue weighted by Gasteiger charge is -2.39. The Hall–Kier alpha value is -3.21. The van der Waals surface area contributed by atoms with Crippen LogP contribution in [0.3, 0.4) is 0 Å². The minimum absolute atomic E-state index is 0.114. The van der Waals surface area contributed by atoms with E-state index in [1.807, 2.05) is 25.7 Å². The van der Waals surface area contributed by atoms with Gasteiger partial charge < -0.3 is 19.9 Å². The summed E-state index contributed by atoms with van der Waals surface area (Å²) in [6.45, 7) is 10.8. The van der Waals surface area contributed by atoms with Crippen molar-refractivity contribution in [1.82, 2.24) is 20.4 Å². The van der Waals surface area contributed by atoms with Crippen molar-refractivity contribution in [3.05, 3.63) is 29.6 Å². The molecule has 1 aromatic rings. The molecule has 3 saturated heterocycles. The van der Waals surface area contributed by atoms with Gasteiger partial charge in [-0.2, -0.15) is 0 Å². The fourth-order valence-corrected chi connectivity index (χ4v) is 5.17. The number of rotatable bonds is 5. The van der Waals surface area contributed by atoms with Gasteiger partial charge in [0.1, 0.15) is 11.6 Å². The van der Waals surface area contributed by atoms with E-state index in [9.17, 15) is 19.2 Å². The summed E-state index contributed by atoms with van der Waals surface area (Å²) in [4.78, 5) is 54.4. The molecule has 3 fully saturated rings. The molecule has 0 saturated carbocycles. The van der Waals surface area contributed by atoms with Crippen LogP contribution in [0.2, 0.25) is 0 Å². The molecule has 4 rings (SSSR count). The Morgan fingerprint density at radius 1 is 1.05 bits per heavy atom. The molecule has 0 radical (unpaired) electrons. The fourth-order valence-electron chi connectivity index (χ4n) is 5.17. The van der Waals surface area contributed by atoms with Crippen molar-refractivity contribution in [1.29, 1.82) is 0 Å². The molecule has 3 heterocycles. The van der Waals surface area contributed by atoms with Crippen LogP contribution in [0.25, 0.3) is 0 Å². The first-order valence-electron chi connectivity index (χ1n) is 13.4. The highest BCUT2D eigenvalue weighted by atomic mass is 19.1. The normalized spacial score (nSPS) is 21.7. The first kappa shape index (κ1) is 27.8. The lowest BCUT2D eigenvalue weighted by molar-refractivity contribution is -0.134. The maximum atomic E-state index is 15.4. The van der Waals surface area contributed by atoms with E-state index in [4.69, 9.17) is 4.74 Å². The van der Waals surface area contributed by atoms with E-state index in [1.54, 1.807) is 17.0 Å². The molecular weight excluding hydrogens is 493 g/mol. The molecule has 0 aliphatic carbocycles. The van der Waals surface area contributed by atoms with Gasteiger partial charge in [-0.05, 0) is 58.1 Å². The molecule has 1 atom stereocenters. The van der Waals surface area contributed by atoms with E-state index >= 15 is 4.39 Å². The van der Waals surface area contributed by atoms with E-state index in [-0.39, 0.29) is 30.4 Å². The lowest BCUT2D eigenvalue weighted by atomic mass is 9.95. The summed E-state index contributed by atoms with van der Waals surface area (Å²) >= 11 is 0. The van der Waals surface area contributed by atoms with E-state index in [2.05, 4.69) is 15.5 Å². The SMILES string of the molecule is CC(C)(C)OC(=O)N1CCN(CC2CCN(c3cccc(C(=O)NC4CCC(=O)NC4=O)c3F)CC2)CC1. The third-order valence-corrected chi connectivity index (χ3v) is 7.26. The number of anilines is 1. The first-order valence-corrected chi connectivity index (χ1v) is 13.4. The number of halogens is 1. The van der Waals surface area contributed by atoms with Crippen molar-refractivity contribution in [3.63, 3.8) is 0 Å². The molecule has 11 heteroatoms. The van der Waals surface area contributed by atoms with Gasteiger partial charge in [0, 0.05) is 52.2 Å². The molecule has 0 bridgehead atoms. The van der Waals surface area contributed by atoms with Crippen molar-refractivity contribution >= 4 is 29.5 Å². The minimum Gasteiger partial charge on any atom is -0.444 e. The second-order valence-corrected chi connectivity index (χ2v) is 11.3.